The first-order valence-electron chi connectivity index (χ1n) is 7.05. The van der Waals surface area contributed by atoms with Gasteiger partial charge in [-0.15, -0.1) is 0 Å². The summed E-state index contributed by atoms with van der Waals surface area (Å²) >= 11 is 0. The van der Waals surface area contributed by atoms with Gasteiger partial charge in [-0.05, 0) is 12.8 Å². The number of aliphatic hydroxyl groups excluding tert-OH is 1. The van der Waals surface area contributed by atoms with Crippen molar-refractivity contribution in [1.82, 2.24) is 0 Å². The Labute approximate surface area is 109 Å². The van der Waals surface area contributed by atoms with Crippen LogP contribution in [0.15, 0.2) is 0 Å². The first kappa shape index (κ1) is 17.1. The Morgan fingerprint density at radius 2 is 1.06 bits per heavy atom. The van der Waals surface area contributed by atoms with E-state index in [1.54, 1.807) is 0 Å². The standard InChI is InChI=1S/C14H26O4/c15-12-10-8-6-4-2-1-3-5-7-9-11-13(16)14(17)18/h15H,1-12H2,(H,17,18). The molecule has 0 saturated heterocycles. The topological polar surface area (TPSA) is 74.6 Å². The minimum Gasteiger partial charge on any atom is -0.476 e. The maximum atomic E-state index is 10.8. The lowest BCUT2D eigenvalue weighted by Gasteiger charge is -2.01. The number of carbonyl (C=O) groups excluding carboxylic acids is 1. The van der Waals surface area contributed by atoms with Crippen molar-refractivity contribution in [2.75, 3.05) is 6.61 Å². The Morgan fingerprint density at radius 3 is 1.44 bits per heavy atom. The summed E-state index contributed by atoms with van der Waals surface area (Å²) in [5.74, 6) is -1.98. The van der Waals surface area contributed by atoms with E-state index >= 15 is 0 Å². The van der Waals surface area contributed by atoms with Gasteiger partial charge in [0.25, 0.3) is 0 Å². The second kappa shape index (κ2) is 12.6. The minimum atomic E-state index is -1.31. The summed E-state index contributed by atoms with van der Waals surface area (Å²) in [6, 6.07) is 0. The van der Waals surface area contributed by atoms with E-state index < -0.39 is 11.8 Å². The van der Waals surface area contributed by atoms with Crippen LogP contribution in [-0.2, 0) is 9.59 Å². The second-order valence-corrected chi connectivity index (χ2v) is 4.74. The van der Waals surface area contributed by atoms with Crippen molar-refractivity contribution in [2.45, 2.75) is 70.6 Å². The van der Waals surface area contributed by atoms with Gasteiger partial charge in [-0.2, -0.15) is 0 Å². The quantitative estimate of drug-likeness (QED) is 0.393. The number of aliphatic carboxylic acids is 1. The van der Waals surface area contributed by atoms with Gasteiger partial charge < -0.3 is 10.2 Å². The second-order valence-electron chi connectivity index (χ2n) is 4.74. The van der Waals surface area contributed by atoms with E-state index in [0.29, 0.717) is 13.0 Å². The zero-order chi connectivity index (χ0) is 13.6. The molecule has 4 heteroatoms. The smallest absolute Gasteiger partial charge is 0.372 e. The molecule has 0 atom stereocenters. The van der Waals surface area contributed by atoms with E-state index in [9.17, 15) is 9.59 Å². The van der Waals surface area contributed by atoms with Crippen molar-refractivity contribution < 1.29 is 19.8 Å². The summed E-state index contributed by atoms with van der Waals surface area (Å²) in [4.78, 5) is 21.0. The van der Waals surface area contributed by atoms with E-state index in [-0.39, 0.29) is 6.42 Å². The summed E-state index contributed by atoms with van der Waals surface area (Å²) in [5, 5.41) is 17.0. The van der Waals surface area contributed by atoms with Crippen LogP contribution in [0, 0.1) is 0 Å². The number of aliphatic hydroxyl groups is 1. The zero-order valence-electron chi connectivity index (χ0n) is 11.2. The maximum absolute atomic E-state index is 10.8. The number of hydrogen-bond acceptors (Lipinski definition) is 3. The number of hydrogen-bond donors (Lipinski definition) is 2. The van der Waals surface area contributed by atoms with Crippen molar-refractivity contribution in [2.24, 2.45) is 0 Å². The molecule has 0 aromatic heterocycles. The number of carboxylic acids is 1. The largest absolute Gasteiger partial charge is 0.476 e. The lowest BCUT2D eigenvalue weighted by atomic mass is 10.1. The summed E-state index contributed by atoms with van der Waals surface area (Å²) < 4.78 is 0. The summed E-state index contributed by atoms with van der Waals surface area (Å²) in [5.41, 5.74) is 0. The van der Waals surface area contributed by atoms with E-state index in [1.807, 2.05) is 0 Å². The Balaban J connectivity index is 3.07. The van der Waals surface area contributed by atoms with Crippen molar-refractivity contribution in [3.8, 4) is 0 Å². The molecule has 0 aliphatic heterocycles. The molecule has 0 rings (SSSR count). The van der Waals surface area contributed by atoms with Crippen molar-refractivity contribution >= 4 is 11.8 Å². The van der Waals surface area contributed by atoms with Crippen molar-refractivity contribution in [1.29, 1.82) is 0 Å². The fourth-order valence-electron chi connectivity index (χ4n) is 1.92. The van der Waals surface area contributed by atoms with Crippen LogP contribution < -0.4 is 0 Å². The summed E-state index contributed by atoms with van der Waals surface area (Å²) in [6.45, 7) is 0.301. The molecule has 0 aliphatic rings. The number of rotatable bonds is 13. The number of ketones is 1. The SMILES string of the molecule is O=C(O)C(=O)CCCCCCCCCCCCO. The third kappa shape index (κ3) is 11.6. The van der Waals surface area contributed by atoms with Crippen LogP contribution in [0.5, 0.6) is 0 Å². The van der Waals surface area contributed by atoms with Gasteiger partial charge in [-0.1, -0.05) is 51.4 Å². The highest BCUT2D eigenvalue weighted by molar-refractivity contribution is 6.32. The molecule has 0 spiro atoms. The van der Waals surface area contributed by atoms with Crippen LogP contribution in [0.2, 0.25) is 0 Å². The Bertz CT molecular complexity index is 226. The molecule has 0 unspecified atom stereocenters. The van der Waals surface area contributed by atoms with Crippen LogP contribution in [-0.4, -0.2) is 28.6 Å². The van der Waals surface area contributed by atoms with Gasteiger partial charge in [0, 0.05) is 13.0 Å². The molecule has 0 heterocycles. The highest BCUT2D eigenvalue weighted by Crippen LogP contribution is 2.11. The number of carbonyl (C=O) groups is 2. The van der Waals surface area contributed by atoms with Gasteiger partial charge in [-0.25, -0.2) is 4.79 Å². The zero-order valence-corrected chi connectivity index (χ0v) is 11.2. The van der Waals surface area contributed by atoms with Gasteiger partial charge >= 0.3 is 5.97 Å². The number of Topliss-reactive ketones (excluding diaryl/α,β-unsaturated/α-hetero) is 1. The first-order chi connectivity index (χ1) is 8.68. The van der Waals surface area contributed by atoms with Gasteiger partial charge in [-0.3, -0.25) is 4.79 Å². The molecule has 0 aromatic carbocycles. The van der Waals surface area contributed by atoms with E-state index in [4.69, 9.17) is 10.2 Å². The van der Waals surface area contributed by atoms with Crippen LogP contribution >= 0.6 is 0 Å². The van der Waals surface area contributed by atoms with Gasteiger partial charge in [0.2, 0.25) is 5.78 Å². The van der Waals surface area contributed by atoms with Crippen LogP contribution in [0.1, 0.15) is 70.6 Å². The number of carboxylic acid groups (broad SMARTS) is 1. The highest BCUT2D eigenvalue weighted by atomic mass is 16.4. The predicted octanol–water partition coefficient (Wildman–Crippen LogP) is 2.92. The van der Waals surface area contributed by atoms with E-state index in [2.05, 4.69) is 0 Å². The monoisotopic (exact) mass is 258 g/mol. The molecule has 0 aliphatic carbocycles. The van der Waals surface area contributed by atoms with Gasteiger partial charge in [0.15, 0.2) is 0 Å². The lowest BCUT2D eigenvalue weighted by molar-refractivity contribution is -0.149. The molecule has 106 valence electrons. The molecule has 0 fully saturated rings. The molecule has 0 aromatic rings. The Hall–Kier alpha value is -0.900. The average molecular weight is 258 g/mol. The van der Waals surface area contributed by atoms with Gasteiger partial charge in [0.1, 0.15) is 0 Å². The molecule has 4 nitrogen and oxygen atoms in total. The molecule has 2 N–H and O–H groups in total. The minimum absolute atomic E-state index is 0.177. The average Bonchev–Trinajstić information content (AvgIpc) is 2.35. The van der Waals surface area contributed by atoms with E-state index in [0.717, 1.165) is 25.7 Å². The fraction of sp³-hybridized carbons (Fsp3) is 0.857. The van der Waals surface area contributed by atoms with Gasteiger partial charge in [0.05, 0.1) is 0 Å². The summed E-state index contributed by atoms with van der Waals surface area (Å²) in [7, 11) is 0. The van der Waals surface area contributed by atoms with Crippen LogP contribution in [0.4, 0.5) is 0 Å². The normalized spacial score (nSPS) is 10.5. The molecule has 0 bridgehead atoms. The molecule has 0 radical (unpaired) electrons. The Morgan fingerprint density at radius 1 is 0.667 bits per heavy atom. The third-order valence-electron chi connectivity index (χ3n) is 3.05. The first-order valence-corrected chi connectivity index (χ1v) is 7.05. The molecular weight excluding hydrogens is 232 g/mol. The maximum Gasteiger partial charge on any atom is 0.372 e. The van der Waals surface area contributed by atoms with E-state index in [1.165, 1.54) is 32.1 Å². The van der Waals surface area contributed by atoms with Crippen molar-refractivity contribution in [3.05, 3.63) is 0 Å². The predicted molar refractivity (Wildman–Crippen MR) is 70.5 cm³/mol. The molecule has 0 saturated carbocycles. The van der Waals surface area contributed by atoms with Crippen LogP contribution in [0.3, 0.4) is 0 Å². The van der Waals surface area contributed by atoms with Crippen LogP contribution in [0.25, 0.3) is 0 Å². The molecular formula is C14H26O4. The number of unbranched alkanes of at least 4 members (excludes halogenated alkanes) is 9. The third-order valence-corrected chi connectivity index (χ3v) is 3.05. The summed E-state index contributed by atoms with van der Waals surface area (Å²) in [6.07, 6.45) is 11.0. The lowest BCUT2D eigenvalue weighted by Crippen LogP contribution is -2.11. The highest BCUT2D eigenvalue weighted by Gasteiger charge is 2.09. The molecule has 18 heavy (non-hydrogen) atoms. The fourth-order valence-corrected chi connectivity index (χ4v) is 1.92. The Kier molecular flexibility index (Phi) is 11.9. The van der Waals surface area contributed by atoms with Crippen molar-refractivity contribution in [3.63, 3.8) is 0 Å². The molecule has 0 amide bonds.